The SMILES string of the molecule is CC(C)CCC(=O)N(C)Cc1ccc(Br)s1. The third-order valence-electron chi connectivity index (χ3n) is 2.38. The smallest absolute Gasteiger partial charge is 0.222 e. The predicted molar refractivity (Wildman–Crippen MR) is 72.6 cm³/mol. The van der Waals surface area contributed by atoms with E-state index in [0.717, 1.165) is 10.2 Å². The van der Waals surface area contributed by atoms with Gasteiger partial charge in [0, 0.05) is 18.3 Å². The van der Waals surface area contributed by atoms with Crippen molar-refractivity contribution in [2.45, 2.75) is 33.2 Å². The van der Waals surface area contributed by atoms with E-state index < -0.39 is 0 Å². The van der Waals surface area contributed by atoms with E-state index in [1.165, 1.54) is 4.88 Å². The van der Waals surface area contributed by atoms with Crippen LogP contribution in [0.5, 0.6) is 0 Å². The summed E-state index contributed by atoms with van der Waals surface area (Å²) in [7, 11) is 1.87. The normalized spacial score (nSPS) is 10.8. The number of carbonyl (C=O) groups is 1. The molecule has 0 N–H and O–H groups in total. The highest BCUT2D eigenvalue weighted by atomic mass is 79.9. The van der Waals surface area contributed by atoms with Crippen LogP contribution in [0.15, 0.2) is 15.9 Å². The Morgan fingerprint density at radius 2 is 2.19 bits per heavy atom. The van der Waals surface area contributed by atoms with Crippen molar-refractivity contribution in [1.82, 2.24) is 4.90 Å². The van der Waals surface area contributed by atoms with E-state index in [4.69, 9.17) is 0 Å². The lowest BCUT2D eigenvalue weighted by Crippen LogP contribution is -2.25. The molecule has 0 aromatic carbocycles. The molecule has 4 heteroatoms. The first-order chi connectivity index (χ1) is 7.49. The Balaban J connectivity index is 2.39. The zero-order valence-corrected chi connectivity index (χ0v) is 12.4. The first-order valence-corrected chi connectivity index (χ1v) is 7.08. The molecule has 0 aliphatic carbocycles. The lowest BCUT2D eigenvalue weighted by molar-refractivity contribution is -0.130. The quantitative estimate of drug-likeness (QED) is 0.808. The van der Waals surface area contributed by atoms with Gasteiger partial charge in [-0.3, -0.25) is 4.79 Å². The summed E-state index contributed by atoms with van der Waals surface area (Å²) in [5.41, 5.74) is 0. The summed E-state index contributed by atoms with van der Waals surface area (Å²) in [4.78, 5) is 14.8. The van der Waals surface area contributed by atoms with Crippen molar-refractivity contribution >= 4 is 33.2 Å². The minimum atomic E-state index is 0.234. The van der Waals surface area contributed by atoms with Gasteiger partial charge >= 0.3 is 0 Å². The first-order valence-electron chi connectivity index (χ1n) is 5.47. The fourth-order valence-electron chi connectivity index (χ4n) is 1.36. The Hall–Kier alpha value is -0.350. The van der Waals surface area contributed by atoms with Crippen molar-refractivity contribution in [3.63, 3.8) is 0 Å². The molecule has 0 radical (unpaired) electrons. The molecular formula is C12H18BrNOS. The number of hydrogen-bond acceptors (Lipinski definition) is 2. The zero-order chi connectivity index (χ0) is 12.1. The van der Waals surface area contributed by atoms with Crippen molar-refractivity contribution in [2.75, 3.05) is 7.05 Å². The third kappa shape index (κ3) is 4.66. The van der Waals surface area contributed by atoms with Gasteiger partial charge in [-0.15, -0.1) is 11.3 Å². The molecule has 16 heavy (non-hydrogen) atoms. The van der Waals surface area contributed by atoms with Gasteiger partial charge in [0.2, 0.25) is 5.91 Å². The van der Waals surface area contributed by atoms with E-state index >= 15 is 0 Å². The maximum Gasteiger partial charge on any atom is 0.222 e. The number of carbonyl (C=O) groups excluding carboxylic acids is 1. The summed E-state index contributed by atoms with van der Waals surface area (Å²) >= 11 is 5.10. The molecule has 90 valence electrons. The maximum absolute atomic E-state index is 11.8. The van der Waals surface area contributed by atoms with Crippen LogP contribution in [0.1, 0.15) is 31.6 Å². The van der Waals surface area contributed by atoms with E-state index in [1.807, 2.05) is 13.1 Å². The molecule has 1 amide bonds. The third-order valence-corrected chi connectivity index (χ3v) is 3.99. The minimum Gasteiger partial charge on any atom is -0.341 e. The van der Waals surface area contributed by atoms with E-state index in [2.05, 4.69) is 35.8 Å². The molecule has 0 fully saturated rings. The monoisotopic (exact) mass is 303 g/mol. The van der Waals surface area contributed by atoms with Gasteiger partial charge in [0.15, 0.2) is 0 Å². The number of amides is 1. The molecule has 0 atom stereocenters. The van der Waals surface area contributed by atoms with Crippen LogP contribution in [-0.4, -0.2) is 17.9 Å². The number of nitrogens with zero attached hydrogens (tertiary/aromatic N) is 1. The van der Waals surface area contributed by atoms with Crippen LogP contribution in [-0.2, 0) is 11.3 Å². The first kappa shape index (κ1) is 13.7. The van der Waals surface area contributed by atoms with Gasteiger partial charge in [0.25, 0.3) is 0 Å². The number of thiophene rings is 1. The highest BCUT2D eigenvalue weighted by molar-refractivity contribution is 9.11. The predicted octanol–water partition coefficient (Wildman–Crippen LogP) is 3.91. The second-order valence-corrected chi connectivity index (χ2v) is 6.94. The molecule has 1 rings (SSSR count). The second kappa shape index (κ2) is 6.40. The zero-order valence-electron chi connectivity index (χ0n) is 10.00. The summed E-state index contributed by atoms with van der Waals surface area (Å²) in [5.74, 6) is 0.825. The van der Waals surface area contributed by atoms with Crippen molar-refractivity contribution in [2.24, 2.45) is 5.92 Å². The second-order valence-electron chi connectivity index (χ2n) is 4.39. The van der Waals surface area contributed by atoms with Crippen LogP contribution in [0.25, 0.3) is 0 Å². The van der Waals surface area contributed by atoms with Gasteiger partial charge in [-0.05, 0) is 40.4 Å². The molecule has 1 aromatic rings. The fraction of sp³-hybridized carbons (Fsp3) is 0.583. The molecule has 1 aromatic heterocycles. The van der Waals surface area contributed by atoms with Gasteiger partial charge in [-0.1, -0.05) is 13.8 Å². The molecule has 0 saturated heterocycles. The van der Waals surface area contributed by atoms with Crippen LogP contribution in [0.2, 0.25) is 0 Å². The average molecular weight is 304 g/mol. The fourth-order valence-corrected chi connectivity index (χ4v) is 2.90. The molecular weight excluding hydrogens is 286 g/mol. The van der Waals surface area contributed by atoms with E-state index in [1.54, 1.807) is 16.2 Å². The van der Waals surface area contributed by atoms with Gasteiger partial charge in [0.05, 0.1) is 10.3 Å². The molecule has 2 nitrogen and oxygen atoms in total. The van der Waals surface area contributed by atoms with Crippen molar-refractivity contribution < 1.29 is 4.79 Å². The average Bonchev–Trinajstić information content (AvgIpc) is 2.60. The van der Waals surface area contributed by atoms with Crippen molar-refractivity contribution in [3.05, 3.63) is 20.8 Å². The van der Waals surface area contributed by atoms with E-state index in [-0.39, 0.29) is 5.91 Å². The lowest BCUT2D eigenvalue weighted by atomic mass is 10.1. The van der Waals surface area contributed by atoms with Crippen LogP contribution < -0.4 is 0 Å². The van der Waals surface area contributed by atoms with Gasteiger partial charge in [0.1, 0.15) is 0 Å². The highest BCUT2D eigenvalue weighted by Crippen LogP contribution is 2.23. The van der Waals surface area contributed by atoms with Gasteiger partial charge in [-0.2, -0.15) is 0 Å². The Morgan fingerprint density at radius 1 is 1.50 bits per heavy atom. The highest BCUT2D eigenvalue weighted by Gasteiger charge is 2.10. The van der Waals surface area contributed by atoms with Crippen molar-refractivity contribution in [3.8, 4) is 0 Å². The Kier molecular flexibility index (Phi) is 5.49. The molecule has 0 spiro atoms. The largest absolute Gasteiger partial charge is 0.341 e. The number of rotatable bonds is 5. The Morgan fingerprint density at radius 3 is 2.69 bits per heavy atom. The Bertz CT molecular complexity index is 349. The molecule has 0 saturated carbocycles. The van der Waals surface area contributed by atoms with Crippen LogP contribution >= 0.6 is 27.3 Å². The topological polar surface area (TPSA) is 20.3 Å². The van der Waals surface area contributed by atoms with Gasteiger partial charge in [-0.25, -0.2) is 0 Å². The van der Waals surface area contributed by atoms with Crippen LogP contribution in [0.4, 0.5) is 0 Å². The van der Waals surface area contributed by atoms with E-state index in [0.29, 0.717) is 18.9 Å². The van der Waals surface area contributed by atoms with Gasteiger partial charge < -0.3 is 4.90 Å². The minimum absolute atomic E-state index is 0.234. The van der Waals surface area contributed by atoms with Crippen molar-refractivity contribution in [1.29, 1.82) is 0 Å². The summed E-state index contributed by atoms with van der Waals surface area (Å²) in [5, 5.41) is 0. The van der Waals surface area contributed by atoms with Crippen LogP contribution in [0, 0.1) is 5.92 Å². The molecule has 0 aliphatic heterocycles. The summed E-state index contributed by atoms with van der Waals surface area (Å²) < 4.78 is 1.12. The summed E-state index contributed by atoms with van der Waals surface area (Å²) in [6.07, 6.45) is 1.62. The summed E-state index contributed by atoms with van der Waals surface area (Å²) in [6, 6.07) is 4.08. The lowest BCUT2D eigenvalue weighted by Gasteiger charge is -2.16. The number of hydrogen-bond donors (Lipinski definition) is 0. The number of halogens is 1. The Labute approximate surface area is 110 Å². The molecule has 0 aliphatic rings. The molecule has 0 bridgehead atoms. The van der Waals surface area contributed by atoms with Crippen LogP contribution in [0.3, 0.4) is 0 Å². The molecule has 1 heterocycles. The van der Waals surface area contributed by atoms with E-state index in [9.17, 15) is 4.79 Å². The summed E-state index contributed by atoms with van der Waals surface area (Å²) in [6.45, 7) is 5.00. The maximum atomic E-state index is 11.8. The molecule has 0 unspecified atom stereocenters. The standard InChI is InChI=1S/C12H18BrNOS/c1-9(2)4-7-12(15)14(3)8-10-5-6-11(13)16-10/h5-6,9H,4,7-8H2,1-3H3.